The van der Waals surface area contributed by atoms with Crippen LogP contribution in [-0.4, -0.2) is 38.6 Å². The number of aromatic nitrogens is 1. The molecule has 3 rings (SSSR count). The molecule has 1 unspecified atom stereocenters. The molecule has 0 bridgehead atoms. The zero-order valence-electron chi connectivity index (χ0n) is 14.8. The second-order valence-corrected chi connectivity index (χ2v) is 7.86. The fourth-order valence-corrected chi connectivity index (χ4v) is 5.36. The van der Waals surface area contributed by atoms with Gasteiger partial charge in [0, 0.05) is 18.2 Å². The Hall–Kier alpha value is -2.06. The lowest BCUT2D eigenvalue weighted by Gasteiger charge is -2.25. The Bertz CT molecular complexity index is 856. The molecule has 136 valence electrons. The van der Waals surface area contributed by atoms with E-state index in [4.69, 9.17) is 14.0 Å². The molecule has 1 aliphatic rings. The van der Waals surface area contributed by atoms with Gasteiger partial charge in [0.15, 0.2) is 5.76 Å². The molecule has 1 aliphatic heterocycles. The van der Waals surface area contributed by atoms with Crippen molar-refractivity contribution < 1.29 is 22.4 Å². The van der Waals surface area contributed by atoms with Crippen molar-refractivity contribution in [2.45, 2.75) is 37.6 Å². The first-order chi connectivity index (χ1) is 11.9. The predicted molar refractivity (Wildman–Crippen MR) is 91.4 cm³/mol. The van der Waals surface area contributed by atoms with E-state index >= 15 is 0 Å². The molecule has 0 N–H and O–H groups in total. The summed E-state index contributed by atoms with van der Waals surface area (Å²) in [7, 11) is -0.553. The Kier molecular flexibility index (Phi) is 4.75. The van der Waals surface area contributed by atoms with Crippen molar-refractivity contribution in [1.82, 2.24) is 9.46 Å². The molecular weight excluding hydrogens is 344 g/mol. The largest absolute Gasteiger partial charge is 0.497 e. The van der Waals surface area contributed by atoms with Crippen molar-refractivity contribution in [3.8, 4) is 11.5 Å². The van der Waals surface area contributed by atoms with E-state index < -0.39 is 10.0 Å². The molecule has 25 heavy (non-hydrogen) atoms. The van der Waals surface area contributed by atoms with E-state index in [1.165, 1.54) is 4.31 Å². The molecule has 0 radical (unpaired) electrons. The van der Waals surface area contributed by atoms with Gasteiger partial charge in [-0.3, -0.25) is 0 Å². The van der Waals surface area contributed by atoms with Gasteiger partial charge in [0.2, 0.25) is 10.0 Å². The maximum atomic E-state index is 13.2. The summed E-state index contributed by atoms with van der Waals surface area (Å²) in [6, 6.07) is 5.16. The lowest BCUT2D eigenvalue weighted by atomic mass is 10.0. The van der Waals surface area contributed by atoms with Gasteiger partial charge in [-0.15, -0.1) is 0 Å². The summed E-state index contributed by atoms with van der Waals surface area (Å²) in [5, 5.41) is 3.79. The van der Waals surface area contributed by atoms with Crippen LogP contribution in [0.5, 0.6) is 11.5 Å². The summed E-state index contributed by atoms with van der Waals surface area (Å²) >= 11 is 0. The predicted octanol–water partition coefficient (Wildman–Crippen LogP) is 2.83. The van der Waals surface area contributed by atoms with E-state index in [0.717, 1.165) is 18.4 Å². The number of hydrogen-bond acceptors (Lipinski definition) is 6. The van der Waals surface area contributed by atoms with Gasteiger partial charge in [0.25, 0.3) is 0 Å². The van der Waals surface area contributed by atoms with Crippen LogP contribution < -0.4 is 9.47 Å². The number of aryl methyl sites for hydroxylation is 2. The van der Waals surface area contributed by atoms with Crippen LogP contribution in [0.2, 0.25) is 0 Å². The Morgan fingerprint density at radius 3 is 2.60 bits per heavy atom. The third-order valence-corrected chi connectivity index (χ3v) is 6.69. The van der Waals surface area contributed by atoms with Crippen LogP contribution in [0.4, 0.5) is 0 Å². The third kappa shape index (κ3) is 3.00. The Morgan fingerprint density at radius 2 is 2.00 bits per heavy atom. The number of hydrogen-bond donors (Lipinski definition) is 0. The zero-order valence-corrected chi connectivity index (χ0v) is 15.6. The minimum Gasteiger partial charge on any atom is -0.497 e. The highest BCUT2D eigenvalue weighted by Crippen LogP contribution is 2.42. The molecule has 7 nitrogen and oxygen atoms in total. The van der Waals surface area contributed by atoms with Crippen molar-refractivity contribution in [2.24, 2.45) is 0 Å². The summed E-state index contributed by atoms with van der Waals surface area (Å²) in [6.45, 7) is 3.71. The van der Waals surface area contributed by atoms with E-state index in [1.54, 1.807) is 34.1 Å². The van der Waals surface area contributed by atoms with E-state index in [2.05, 4.69) is 5.16 Å². The highest BCUT2D eigenvalue weighted by molar-refractivity contribution is 7.89. The molecule has 1 saturated heterocycles. The van der Waals surface area contributed by atoms with Crippen molar-refractivity contribution in [3.05, 3.63) is 35.2 Å². The normalized spacial score (nSPS) is 18.5. The molecule has 0 saturated carbocycles. The van der Waals surface area contributed by atoms with Gasteiger partial charge < -0.3 is 14.0 Å². The molecule has 1 fully saturated rings. The zero-order chi connectivity index (χ0) is 18.2. The fraction of sp³-hybridized carbons (Fsp3) is 0.471. The van der Waals surface area contributed by atoms with Crippen molar-refractivity contribution in [2.75, 3.05) is 20.8 Å². The summed E-state index contributed by atoms with van der Waals surface area (Å²) in [5.74, 6) is 1.59. The molecule has 2 aromatic rings. The maximum absolute atomic E-state index is 13.2. The highest BCUT2D eigenvalue weighted by atomic mass is 32.2. The Labute approximate surface area is 147 Å². The third-order valence-electron chi connectivity index (χ3n) is 4.54. The summed E-state index contributed by atoms with van der Waals surface area (Å²) < 4.78 is 43.7. The van der Waals surface area contributed by atoms with Gasteiger partial charge in [0.05, 0.1) is 20.3 Å². The average Bonchev–Trinajstić information content (AvgIpc) is 3.21. The van der Waals surface area contributed by atoms with E-state index in [9.17, 15) is 8.42 Å². The number of sulfonamides is 1. The van der Waals surface area contributed by atoms with E-state index in [-0.39, 0.29) is 10.9 Å². The lowest BCUT2D eigenvalue weighted by Crippen LogP contribution is -2.31. The standard InChI is InChI=1S/C17H22N2O5S/c1-11-17(12(2)24-18-11)25(20,21)19-9-5-6-15(19)14-8-7-13(22-3)10-16(14)23-4/h7-8,10,15H,5-6,9H2,1-4H3. The van der Waals surface area contributed by atoms with Crippen molar-refractivity contribution in [1.29, 1.82) is 0 Å². The van der Waals surface area contributed by atoms with Crippen LogP contribution in [0, 0.1) is 13.8 Å². The first-order valence-corrected chi connectivity index (χ1v) is 9.50. The summed E-state index contributed by atoms with van der Waals surface area (Å²) in [4.78, 5) is 0.159. The van der Waals surface area contributed by atoms with Gasteiger partial charge in [-0.1, -0.05) is 11.2 Å². The number of rotatable bonds is 5. The summed E-state index contributed by atoms with van der Waals surface area (Å²) in [5.41, 5.74) is 1.21. The minimum absolute atomic E-state index is 0.159. The molecule has 2 heterocycles. The van der Waals surface area contributed by atoms with Gasteiger partial charge in [-0.25, -0.2) is 8.42 Å². The molecule has 0 amide bonds. The first kappa shape index (κ1) is 17.8. The topological polar surface area (TPSA) is 81.9 Å². The second-order valence-electron chi connectivity index (χ2n) is 6.03. The second kappa shape index (κ2) is 6.68. The number of methoxy groups -OCH3 is 2. The fourth-order valence-electron chi connectivity index (χ4n) is 3.39. The van der Waals surface area contributed by atoms with Crippen LogP contribution in [0.1, 0.15) is 35.9 Å². The van der Waals surface area contributed by atoms with Crippen LogP contribution in [-0.2, 0) is 10.0 Å². The van der Waals surface area contributed by atoms with Gasteiger partial charge in [0.1, 0.15) is 22.1 Å². The van der Waals surface area contributed by atoms with Crippen LogP contribution in [0.25, 0.3) is 0 Å². The Morgan fingerprint density at radius 1 is 1.24 bits per heavy atom. The van der Waals surface area contributed by atoms with Crippen LogP contribution in [0.3, 0.4) is 0 Å². The lowest BCUT2D eigenvalue weighted by molar-refractivity contribution is 0.360. The highest BCUT2D eigenvalue weighted by Gasteiger charge is 2.40. The number of nitrogens with zero attached hydrogens (tertiary/aromatic N) is 2. The maximum Gasteiger partial charge on any atom is 0.249 e. The van der Waals surface area contributed by atoms with Crippen LogP contribution >= 0.6 is 0 Å². The molecule has 1 aromatic heterocycles. The van der Waals surface area contributed by atoms with Crippen molar-refractivity contribution >= 4 is 10.0 Å². The number of ether oxygens (including phenoxy) is 2. The van der Waals surface area contributed by atoms with Gasteiger partial charge in [-0.05, 0) is 32.8 Å². The quantitative estimate of drug-likeness (QED) is 0.809. The smallest absolute Gasteiger partial charge is 0.249 e. The molecule has 1 atom stereocenters. The molecule has 1 aromatic carbocycles. The van der Waals surface area contributed by atoms with Crippen molar-refractivity contribution in [3.63, 3.8) is 0 Å². The minimum atomic E-state index is -3.70. The average molecular weight is 366 g/mol. The molecule has 8 heteroatoms. The van der Waals surface area contributed by atoms with Gasteiger partial charge >= 0.3 is 0 Å². The monoisotopic (exact) mass is 366 g/mol. The SMILES string of the molecule is COc1ccc(C2CCCN2S(=O)(=O)c2c(C)noc2C)c(OC)c1. The van der Waals surface area contributed by atoms with Gasteiger partial charge in [-0.2, -0.15) is 4.31 Å². The summed E-state index contributed by atoms with van der Waals surface area (Å²) in [6.07, 6.45) is 1.51. The first-order valence-electron chi connectivity index (χ1n) is 8.06. The Balaban J connectivity index is 2.04. The molecule has 0 aliphatic carbocycles. The van der Waals surface area contributed by atoms with E-state index in [1.807, 2.05) is 12.1 Å². The number of benzene rings is 1. The van der Waals surface area contributed by atoms with E-state index in [0.29, 0.717) is 29.5 Å². The molecule has 0 spiro atoms. The molecular formula is C17H22N2O5S. The van der Waals surface area contributed by atoms with Crippen LogP contribution in [0.15, 0.2) is 27.6 Å².